The summed E-state index contributed by atoms with van der Waals surface area (Å²) in [5, 5.41) is 0.457. The van der Waals surface area contributed by atoms with Gasteiger partial charge in [0.25, 0.3) is 0 Å². The Kier molecular flexibility index (Phi) is 6.23. The molecule has 0 aliphatic carbocycles. The van der Waals surface area contributed by atoms with Crippen molar-refractivity contribution in [2.45, 2.75) is 6.42 Å². The van der Waals surface area contributed by atoms with E-state index in [2.05, 4.69) is 0 Å². The molecule has 0 spiro atoms. The molecule has 0 radical (unpaired) electrons. The lowest BCUT2D eigenvalue weighted by Crippen LogP contribution is -2.10. The monoisotopic (exact) mass is 380 g/mol. The first-order valence-corrected chi connectivity index (χ1v) is 8.78. The fraction of sp³-hybridized carbons (Fsp3) is 0.0909. The summed E-state index contributed by atoms with van der Waals surface area (Å²) in [6.45, 7) is 0.300. The third-order valence-corrected chi connectivity index (χ3v) is 4.06. The molecule has 0 unspecified atom stereocenters. The number of halogens is 1. The Morgan fingerprint density at radius 3 is 2.22 bits per heavy atom. The van der Waals surface area contributed by atoms with Gasteiger partial charge < -0.3 is 9.47 Å². The van der Waals surface area contributed by atoms with Crippen LogP contribution in [0, 0.1) is 0 Å². The lowest BCUT2D eigenvalue weighted by molar-refractivity contribution is 0.0509. The van der Waals surface area contributed by atoms with Crippen molar-refractivity contribution in [2.24, 2.45) is 0 Å². The first kappa shape index (κ1) is 18.7. The molecule has 4 nitrogen and oxygen atoms in total. The summed E-state index contributed by atoms with van der Waals surface area (Å²) in [5.41, 5.74) is 1.85. The maximum atomic E-state index is 12.1. The first-order chi connectivity index (χ1) is 13.1. The van der Waals surface area contributed by atoms with Gasteiger partial charge in [0.15, 0.2) is 0 Å². The molecule has 0 aliphatic rings. The molecule has 0 heterocycles. The first-order valence-electron chi connectivity index (χ1n) is 8.41. The van der Waals surface area contributed by atoms with E-state index < -0.39 is 11.9 Å². The van der Waals surface area contributed by atoms with Gasteiger partial charge in [0.2, 0.25) is 0 Å². The Bertz CT molecular complexity index is 921. The summed E-state index contributed by atoms with van der Waals surface area (Å²) in [6.07, 6.45) is 0.655. The Morgan fingerprint density at radius 2 is 1.52 bits per heavy atom. The smallest absolute Gasteiger partial charge is 0.343 e. The zero-order valence-electron chi connectivity index (χ0n) is 14.4. The third kappa shape index (κ3) is 5.43. The average Bonchev–Trinajstić information content (AvgIpc) is 2.69. The van der Waals surface area contributed by atoms with E-state index in [4.69, 9.17) is 21.1 Å². The van der Waals surface area contributed by atoms with E-state index in [-0.39, 0.29) is 0 Å². The van der Waals surface area contributed by atoms with Crippen LogP contribution in [0.1, 0.15) is 26.3 Å². The van der Waals surface area contributed by atoms with E-state index >= 15 is 0 Å². The lowest BCUT2D eigenvalue weighted by Gasteiger charge is -2.07. The molecule has 0 N–H and O–H groups in total. The summed E-state index contributed by atoms with van der Waals surface area (Å²) >= 11 is 5.87. The molecular weight excluding hydrogens is 364 g/mol. The van der Waals surface area contributed by atoms with Crippen LogP contribution in [0.25, 0.3) is 0 Å². The molecule has 136 valence electrons. The van der Waals surface area contributed by atoms with Crippen LogP contribution in [0.3, 0.4) is 0 Å². The van der Waals surface area contributed by atoms with Crippen molar-refractivity contribution in [3.05, 3.63) is 101 Å². The van der Waals surface area contributed by atoms with E-state index in [1.165, 1.54) is 6.07 Å². The Morgan fingerprint density at radius 1 is 0.778 bits per heavy atom. The number of ether oxygens (including phenoxy) is 2. The lowest BCUT2D eigenvalue weighted by atomic mass is 10.2. The minimum absolute atomic E-state index is 0.300. The molecule has 0 aliphatic heterocycles. The largest absolute Gasteiger partial charge is 0.462 e. The van der Waals surface area contributed by atoms with Gasteiger partial charge in [0.05, 0.1) is 17.7 Å². The number of esters is 2. The molecule has 27 heavy (non-hydrogen) atoms. The quantitative estimate of drug-likeness (QED) is 0.448. The molecule has 5 heteroatoms. The molecule has 0 saturated heterocycles. The second-order valence-electron chi connectivity index (χ2n) is 5.80. The minimum Gasteiger partial charge on any atom is -0.462 e. The second-order valence-corrected chi connectivity index (χ2v) is 6.23. The highest BCUT2D eigenvalue weighted by molar-refractivity contribution is 6.30. The van der Waals surface area contributed by atoms with Gasteiger partial charge in [-0.1, -0.05) is 48.0 Å². The molecule has 0 amide bonds. The van der Waals surface area contributed by atoms with Crippen LogP contribution in [-0.2, 0) is 11.2 Å². The molecule has 3 aromatic rings. The van der Waals surface area contributed by atoms with Crippen molar-refractivity contribution in [1.82, 2.24) is 0 Å². The minimum atomic E-state index is -0.518. The summed E-state index contributed by atoms with van der Waals surface area (Å²) < 4.78 is 10.6. The maximum Gasteiger partial charge on any atom is 0.343 e. The van der Waals surface area contributed by atoms with Crippen LogP contribution < -0.4 is 4.74 Å². The van der Waals surface area contributed by atoms with E-state index in [9.17, 15) is 9.59 Å². The highest BCUT2D eigenvalue weighted by Crippen LogP contribution is 2.17. The van der Waals surface area contributed by atoms with Gasteiger partial charge in [0.1, 0.15) is 5.75 Å². The summed E-state index contributed by atoms with van der Waals surface area (Å²) in [6, 6.07) is 22.5. The highest BCUT2D eigenvalue weighted by atomic mass is 35.5. The fourth-order valence-corrected chi connectivity index (χ4v) is 2.62. The molecule has 0 fully saturated rings. The average molecular weight is 381 g/mol. The van der Waals surface area contributed by atoms with E-state index in [0.717, 1.165) is 5.56 Å². The summed E-state index contributed by atoms with van der Waals surface area (Å²) in [4.78, 5) is 24.2. The molecular formula is C22H17ClO4. The van der Waals surface area contributed by atoms with Crippen molar-refractivity contribution >= 4 is 23.5 Å². The van der Waals surface area contributed by atoms with Crippen LogP contribution >= 0.6 is 11.6 Å². The standard InChI is InChI=1S/C22H17ClO4/c23-19-8-4-7-18(15-19)22(25)27-20-11-9-17(10-12-20)21(24)26-14-13-16-5-2-1-3-6-16/h1-12,15H,13-14H2. The van der Waals surface area contributed by atoms with Crippen LogP contribution in [0.4, 0.5) is 0 Å². The Labute approximate surface area is 162 Å². The van der Waals surface area contributed by atoms with E-state index in [1.807, 2.05) is 30.3 Å². The normalized spacial score (nSPS) is 10.3. The van der Waals surface area contributed by atoms with Gasteiger partial charge in [-0.05, 0) is 48.0 Å². The predicted octanol–water partition coefficient (Wildman–Crippen LogP) is 4.96. The number of carbonyl (C=O) groups is 2. The SMILES string of the molecule is O=C(OCCc1ccccc1)c1ccc(OC(=O)c2cccc(Cl)c2)cc1. The van der Waals surface area contributed by atoms with Crippen LogP contribution in [-0.4, -0.2) is 18.5 Å². The van der Waals surface area contributed by atoms with Gasteiger partial charge in [-0.2, -0.15) is 0 Å². The molecule has 0 aromatic heterocycles. The van der Waals surface area contributed by atoms with Crippen molar-refractivity contribution in [2.75, 3.05) is 6.61 Å². The zero-order valence-corrected chi connectivity index (χ0v) is 15.2. The second kappa shape index (κ2) is 9.01. The topological polar surface area (TPSA) is 52.6 Å². The van der Waals surface area contributed by atoms with Crippen molar-refractivity contribution in [3.8, 4) is 5.75 Å². The molecule has 0 atom stereocenters. The molecule has 3 rings (SSSR count). The number of hydrogen-bond donors (Lipinski definition) is 0. The van der Waals surface area contributed by atoms with Gasteiger partial charge >= 0.3 is 11.9 Å². The van der Waals surface area contributed by atoms with Gasteiger partial charge in [-0.15, -0.1) is 0 Å². The van der Waals surface area contributed by atoms with Gasteiger partial charge in [0, 0.05) is 11.4 Å². The van der Waals surface area contributed by atoms with Crippen LogP contribution in [0.15, 0.2) is 78.9 Å². The number of rotatable bonds is 6. The molecule has 3 aromatic carbocycles. The zero-order chi connectivity index (χ0) is 19.1. The highest BCUT2D eigenvalue weighted by Gasteiger charge is 2.11. The predicted molar refractivity (Wildman–Crippen MR) is 103 cm³/mol. The van der Waals surface area contributed by atoms with Gasteiger partial charge in [-0.3, -0.25) is 0 Å². The van der Waals surface area contributed by atoms with E-state index in [1.54, 1.807) is 42.5 Å². The van der Waals surface area contributed by atoms with Crippen molar-refractivity contribution in [3.63, 3.8) is 0 Å². The Hall–Kier alpha value is -3.11. The fourth-order valence-electron chi connectivity index (χ4n) is 2.43. The van der Waals surface area contributed by atoms with Crippen LogP contribution in [0.5, 0.6) is 5.75 Å². The number of hydrogen-bond acceptors (Lipinski definition) is 4. The molecule has 0 bridgehead atoms. The number of benzene rings is 3. The molecule has 0 saturated carbocycles. The summed E-state index contributed by atoms with van der Waals surface area (Å²) in [5.74, 6) is -0.602. The summed E-state index contributed by atoms with van der Waals surface area (Å²) in [7, 11) is 0. The van der Waals surface area contributed by atoms with E-state index in [0.29, 0.717) is 34.9 Å². The maximum absolute atomic E-state index is 12.1. The van der Waals surface area contributed by atoms with Crippen molar-refractivity contribution < 1.29 is 19.1 Å². The van der Waals surface area contributed by atoms with Crippen LogP contribution in [0.2, 0.25) is 5.02 Å². The van der Waals surface area contributed by atoms with Crippen molar-refractivity contribution in [1.29, 1.82) is 0 Å². The Balaban J connectivity index is 1.53. The third-order valence-electron chi connectivity index (χ3n) is 3.83. The number of carbonyl (C=O) groups excluding carboxylic acids is 2. The van der Waals surface area contributed by atoms with Gasteiger partial charge in [-0.25, -0.2) is 9.59 Å².